The number of benzene rings is 2. The van der Waals surface area contributed by atoms with E-state index in [1.807, 2.05) is 30.3 Å². The highest BCUT2D eigenvalue weighted by atomic mass is 19.1. The fourth-order valence-electron chi connectivity index (χ4n) is 5.12. The van der Waals surface area contributed by atoms with Crippen LogP contribution in [0.3, 0.4) is 0 Å². The maximum atomic E-state index is 13.6. The number of ketones is 1. The van der Waals surface area contributed by atoms with Gasteiger partial charge >= 0.3 is 11.9 Å². The average molecular weight is 638 g/mol. The fraction of sp³-hybridized carbons (Fsp3) is 0.429. The van der Waals surface area contributed by atoms with Gasteiger partial charge in [0.05, 0.1) is 25.6 Å². The van der Waals surface area contributed by atoms with Crippen LogP contribution in [0.5, 0.6) is 17.2 Å². The third-order valence-electron chi connectivity index (χ3n) is 7.60. The third-order valence-corrected chi connectivity index (χ3v) is 7.60. The molecule has 46 heavy (non-hydrogen) atoms. The minimum atomic E-state index is -0.944. The van der Waals surface area contributed by atoms with E-state index in [1.54, 1.807) is 32.9 Å². The second kappa shape index (κ2) is 16.7. The Morgan fingerprint density at radius 3 is 2.50 bits per heavy atom. The van der Waals surface area contributed by atoms with E-state index in [0.29, 0.717) is 18.6 Å². The molecule has 1 saturated heterocycles. The Kier molecular flexibility index (Phi) is 12.5. The zero-order valence-electron chi connectivity index (χ0n) is 26.5. The number of hydrogen-bond donors (Lipinski definition) is 0. The Morgan fingerprint density at radius 2 is 1.80 bits per heavy atom. The van der Waals surface area contributed by atoms with Crippen molar-refractivity contribution in [1.29, 1.82) is 0 Å². The van der Waals surface area contributed by atoms with Gasteiger partial charge in [0, 0.05) is 31.2 Å². The number of rotatable bonds is 12. The molecule has 0 N–H and O–H groups in total. The SMILES string of the molecule is COc1ccnc(C(=O)C[C@H]2COCC[C@H](Cc3ccc(F)cc3)[C@@H](Oc3ccccc3)[C@H](C)OC2=O)c1OCOC(=O)C(C)C. The molecule has 0 amide bonds. The van der Waals surface area contributed by atoms with E-state index in [2.05, 4.69) is 4.98 Å². The molecule has 0 spiro atoms. The van der Waals surface area contributed by atoms with Gasteiger partial charge in [-0.05, 0) is 49.6 Å². The van der Waals surface area contributed by atoms with Crippen molar-refractivity contribution in [2.45, 2.75) is 52.2 Å². The number of hydrogen-bond acceptors (Lipinski definition) is 10. The van der Waals surface area contributed by atoms with Crippen molar-refractivity contribution < 1.29 is 47.2 Å². The molecule has 10 nitrogen and oxygen atoms in total. The second-order valence-electron chi connectivity index (χ2n) is 11.4. The molecule has 4 atom stereocenters. The summed E-state index contributed by atoms with van der Waals surface area (Å²) in [5.74, 6) is -2.56. The summed E-state index contributed by atoms with van der Waals surface area (Å²) in [6.07, 6.45) is 0.943. The Hall–Kier alpha value is -4.51. The molecule has 1 aliphatic rings. The quantitative estimate of drug-likeness (QED) is 0.141. The molecule has 2 heterocycles. The Bertz CT molecular complexity index is 1450. The van der Waals surface area contributed by atoms with Crippen LogP contribution in [0.25, 0.3) is 0 Å². The lowest BCUT2D eigenvalue weighted by Crippen LogP contribution is -2.43. The Morgan fingerprint density at radius 1 is 1.07 bits per heavy atom. The van der Waals surface area contributed by atoms with E-state index >= 15 is 0 Å². The van der Waals surface area contributed by atoms with Crippen LogP contribution in [0.2, 0.25) is 0 Å². The molecule has 0 unspecified atom stereocenters. The minimum Gasteiger partial charge on any atom is -0.493 e. The number of methoxy groups -OCH3 is 1. The molecule has 246 valence electrons. The van der Waals surface area contributed by atoms with E-state index in [-0.39, 0.29) is 54.5 Å². The lowest BCUT2D eigenvalue weighted by molar-refractivity contribution is -0.163. The molecule has 2 aromatic carbocycles. The van der Waals surface area contributed by atoms with Crippen LogP contribution in [-0.2, 0) is 30.2 Å². The van der Waals surface area contributed by atoms with Gasteiger partial charge < -0.3 is 28.4 Å². The summed E-state index contributed by atoms with van der Waals surface area (Å²) in [4.78, 5) is 43.2. The van der Waals surface area contributed by atoms with E-state index in [0.717, 1.165) is 5.56 Å². The van der Waals surface area contributed by atoms with Crippen molar-refractivity contribution in [2.75, 3.05) is 27.1 Å². The molecule has 4 rings (SSSR count). The summed E-state index contributed by atoms with van der Waals surface area (Å²) >= 11 is 0. The van der Waals surface area contributed by atoms with E-state index in [4.69, 9.17) is 28.4 Å². The van der Waals surface area contributed by atoms with Gasteiger partial charge in [-0.15, -0.1) is 0 Å². The highest BCUT2D eigenvalue weighted by Crippen LogP contribution is 2.32. The predicted octanol–water partition coefficient (Wildman–Crippen LogP) is 5.61. The Balaban J connectivity index is 1.52. The molecule has 0 bridgehead atoms. The first-order valence-electron chi connectivity index (χ1n) is 15.3. The number of nitrogens with zero attached hydrogens (tertiary/aromatic N) is 1. The highest BCUT2D eigenvalue weighted by molar-refractivity contribution is 5.99. The van der Waals surface area contributed by atoms with E-state index in [1.165, 1.54) is 31.5 Å². The average Bonchev–Trinajstić information content (AvgIpc) is 3.05. The van der Waals surface area contributed by atoms with Crippen molar-refractivity contribution in [3.63, 3.8) is 0 Å². The number of pyridine rings is 1. The summed E-state index contributed by atoms with van der Waals surface area (Å²) in [6.45, 7) is 4.91. The van der Waals surface area contributed by atoms with Crippen LogP contribution in [0, 0.1) is 23.6 Å². The van der Waals surface area contributed by atoms with Crippen LogP contribution >= 0.6 is 0 Å². The van der Waals surface area contributed by atoms with Gasteiger partial charge in [-0.2, -0.15) is 0 Å². The number of carbonyl (C=O) groups is 3. The number of cyclic esters (lactones) is 1. The molecule has 3 aromatic rings. The number of esters is 2. The number of carbonyl (C=O) groups excluding carboxylic acids is 3. The normalized spacial score (nSPS) is 20.3. The molecule has 1 fully saturated rings. The number of ether oxygens (including phenoxy) is 6. The molecule has 0 saturated carbocycles. The zero-order valence-corrected chi connectivity index (χ0v) is 26.5. The van der Waals surface area contributed by atoms with Crippen LogP contribution in [0.15, 0.2) is 66.9 Å². The summed E-state index contributed by atoms with van der Waals surface area (Å²) in [5, 5.41) is 0. The van der Waals surface area contributed by atoms with Crippen molar-refractivity contribution >= 4 is 17.7 Å². The monoisotopic (exact) mass is 637 g/mol. The van der Waals surface area contributed by atoms with Crippen molar-refractivity contribution in [3.8, 4) is 17.2 Å². The van der Waals surface area contributed by atoms with Crippen LogP contribution in [0.4, 0.5) is 4.39 Å². The number of para-hydroxylation sites is 1. The van der Waals surface area contributed by atoms with Crippen molar-refractivity contribution in [1.82, 2.24) is 4.98 Å². The summed E-state index contributed by atoms with van der Waals surface area (Å²) in [7, 11) is 1.40. The summed E-state index contributed by atoms with van der Waals surface area (Å²) in [5.41, 5.74) is 0.831. The van der Waals surface area contributed by atoms with Crippen LogP contribution in [0.1, 0.15) is 49.7 Å². The predicted molar refractivity (Wildman–Crippen MR) is 165 cm³/mol. The van der Waals surface area contributed by atoms with Crippen molar-refractivity contribution in [2.24, 2.45) is 17.8 Å². The van der Waals surface area contributed by atoms with Crippen LogP contribution < -0.4 is 14.2 Å². The molecular weight excluding hydrogens is 597 g/mol. The lowest BCUT2D eigenvalue weighted by atomic mass is 9.88. The highest BCUT2D eigenvalue weighted by Gasteiger charge is 2.36. The van der Waals surface area contributed by atoms with Gasteiger partial charge in [-0.25, -0.2) is 9.37 Å². The van der Waals surface area contributed by atoms with Gasteiger partial charge in [-0.3, -0.25) is 14.4 Å². The van der Waals surface area contributed by atoms with Crippen molar-refractivity contribution in [3.05, 3.63) is 83.9 Å². The number of halogens is 1. The fourth-order valence-corrected chi connectivity index (χ4v) is 5.12. The molecule has 0 aliphatic carbocycles. The minimum absolute atomic E-state index is 0.00552. The largest absolute Gasteiger partial charge is 0.493 e. The molecule has 11 heteroatoms. The lowest BCUT2D eigenvalue weighted by Gasteiger charge is -2.34. The summed E-state index contributed by atoms with van der Waals surface area (Å²) in [6, 6.07) is 17.0. The number of Topliss-reactive ketones (excluding diaryl/α,β-unsaturated/α-hetero) is 1. The smallest absolute Gasteiger partial charge is 0.312 e. The first-order valence-corrected chi connectivity index (χ1v) is 15.3. The third kappa shape index (κ3) is 9.50. The maximum absolute atomic E-state index is 13.6. The molecule has 1 aromatic heterocycles. The molecule has 0 radical (unpaired) electrons. The van der Waals surface area contributed by atoms with Gasteiger partial charge in [0.2, 0.25) is 6.79 Å². The van der Waals surface area contributed by atoms with Gasteiger partial charge in [-0.1, -0.05) is 44.2 Å². The zero-order chi connectivity index (χ0) is 33.1. The topological polar surface area (TPSA) is 119 Å². The summed E-state index contributed by atoms with van der Waals surface area (Å²) < 4.78 is 47.9. The second-order valence-corrected chi connectivity index (χ2v) is 11.4. The van der Waals surface area contributed by atoms with E-state index < -0.39 is 42.6 Å². The first-order chi connectivity index (χ1) is 22.2. The maximum Gasteiger partial charge on any atom is 0.312 e. The van der Waals surface area contributed by atoms with Gasteiger partial charge in [0.1, 0.15) is 23.8 Å². The van der Waals surface area contributed by atoms with Gasteiger partial charge in [0.15, 0.2) is 23.0 Å². The first kappa shape index (κ1) is 34.4. The standard InChI is InChI=1S/C35H40FNO9/c1-22(2)34(39)44-21-43-33-30(41-4)14-16-37-31(33)29(38)19-26-20-42-17-15-25(18-24-10-12-27(36)13-11-24)32(23(3)45-35(26)40)46-28-8-6-5-7-9-28/h5-14,16,22-23,25-26,32H,15,17-21H2,1-4H3/t23-,25+,26-,32-/m0/s1. The van der Waals surface area contributed by atoms with Crippen LogP contribution in [-0.4, -0.2) is 62.0 Å². The van der Waals surface area contributed by atoms with E-state index in [9.17, 15) is 18.8 Å². The number of aromatic nitrogens is 1. The Labute approximate surface area is 268 Å². The van der Waals surface area contributed by atoms with Gasteiger partial charge in [0.25, 0.3) is 0 Å². The molecular formula is C35H40FNO9. The molecule has 1 aliphatic heterocycles.